The second-order valence-electron chi connectivity index (χ2n) is 4.76. The molecule has 5 heteroatoms. The number of unbranched alkanes of at least 4 members (excludes halogenated alkanes) is 1. The molecule has 1 amide bonds. The maximum Gasteiger partial charge on any atom is 0.263 e. The fourth-order valence-electron chi connectivity index (χ4n) is 1.96. The predicted molar refractivity (Wildman–Crippen MR) is 85.7 cm³/mol. The monoisotopic (exact) mass is 304 g/mol. The van der Waals surface area contributed by atoms with E-state index < -0.39 is 0 Å². The van der Waals surface area contributed by atoms with Crippen molar-refractivity contribution in [3.8, 4) is 10.6 Å². The van der Waals surface area contributed by atoms with Crippen molar-refractivity contribution in [2.24, 2.45) is 0 Å². The summed E-state index contributed by atoms with van der Waals surface area (Å²) in [5.74, 6) is -0.0374. The molecule has 0 saturated carbocycles. The minimum absolute atomic E-state index is 0.0374. The van der Waals surface area contributed by atoms with E-state index in [1.54, 1.807) is 7.11 Å². The first-order valence-corrected chi connectivity index (χ1v) is 7.84. The lowest BCUT2D eigenvalue weighted by Crippen LogP contribution is -2.24. The summed E-state index contributed by atoms with van der Waals surface area (Å²) in [4.78, 5) is 17.4. The first-order chi connectivity index (χ1) is 10.2. The van der Waals surface area contributed by atoms with Crippen molar-refractivity contribution < 1.29 is 9.53 Å². The van der Waals surface area contributed by atoms with Crippen molar-refractivity contribution in [2.75, 3.05) is 20.3 Å². The number of rotatable bonds is 7. The van der Waals surface area contributed by atoms with Crippen LogP contribution in [0.4, 0.5) is 0 Å². The van der Waals surface area contributed by atoms with E-state index in [0.717, 1.165) is 35.7 Å². The third kappa shape index (κ3) is 4.37. The van der Waals surface area contributed by atoms with E-state index in [9.17, 15) is 4.79 Å². The van der Waals surface area contributed by atoms with Crippen LogP contribution < -0.4 is 5.32 Å². The van der Waals surface area contributed by atoms with Gasteiger partial charge in [0.25, 0.3) is 5.91 Å². The molecule has 21 heavy (non-hydrogen) atoms. The zero-order chi connectivity index (χ0) is 15.1. The van der Waals surface area contributed by atoms with E-state index in [0.29, 0.717) is 11.4 Å². The van der Waals surface area contributed by atoms with Crippen LogP contribution in [-0.2, 0) is 4.74 Å². The summed E-state index contributed by atoms with van der Waals surface area (Å²) >= 11 is 1.44. The van der Waals surface area contributed by atoms with Gasteiger partial charge in [-0.2, -0.15) is 0 Å². The molecule has 4 nitrogen and oxygen atoms in total. The number of aromatic nitrogens is 1. The number of methoxy groups -OCH3 is 1. The number of ether oxygens (including phenoxy) is 1. The smallest absolute Gasteiger partial charge is 0.263 e. The van der Waals surface area contributed by atoms with Crippen molar-refractivity contribution in [3.63, 3.8) is 0 Å². The summed E-state index contributed by atoms with van der Waals surface area (Å²) < 4.78 is 4.98. The highest BCUT2D eigenvalue weighted by Crippen LogP contribution is 2.27. The molecule has 0 aliphatic rings. The topological polar surface area (TPSA) is 51.2 Å². The molecule has 0 saturated heterocycles. The second-order valence-corrected chi connectivity index (χ2v) is 5.75. The standard InChI is InChI=1S/C16H20N2O2S/c1-12-14(15(19)17-10-6-7-11-20-2)21-16(18-12)13-8-4-3-5-9-13/h3-5,8-9H,6-7,10-11H2,1-2H3,(H,17,19). The summed E-state index contributed by atoms with van der Waals surface area (Å²) in [6.07, 6.45) is 1.87. The van der Waals surface area contributed by atoms with Gasteiger partial charge in [-0.15, -0.1) is 11.3 Å². The number of amides is 1. The first kappa shape index (κ1) is 15.7. The molecule has 0 aliphatic heterocycles. The van der Waals surface area contributed by atoms with Crippen molar-refractivity contribution in [2.45, 2.75) is 19.8 Å². The number of carbonyl (C=O) groups excluding carboxylic acids is 1. The van der Waals surface area contributed by atoms with Gasteiger partial charge in [-0.3, -0.25) is 4.79 Å². The molecule has 2 rings (SSSR count). The Kier molecular flexibility index (Phi) is 5.90. The van der Waals surface area contributed by atoms with Gasteiger partial charge >= 0.3 is 0 Å². The number of carbonyl (C=O) groups is 1. The quantitative estimate of drug-likeness (QED) is 0.799. The Morgan fingerprint density at radius 2 is 2.05 bits per heavy atom. The minimum Gasteiger partial charge on any atom is -0.385 e. The fourth-order valence-corrected chi connectivity index (χ4v) is 2.95. The van der Waals surface area contributed by atoms with Crippen molar-refractivity contribution >= 4 is 17.2 Å². The highest BCUT2D eigenvalue weighted by Gasteiger charge is 2.15. The van der Waals surface area contributed by atoms with Crippen LogP contribution in [0.1, 0.15) is 28.2 Å². The summed E-state index contributed by atoms with van der Waals surface area (Å²) in [6.45, 7) is 3.27. The number of nitrogens with zero attached hydrogens (tertiary/aromatic N) is 1. The summed E-state index contributed by atoms with van der Waals surface area (Å²) in [6, 6.07) is 9.93. The van der Waals surface area contributed by atoms with E-state index in [1.807, 2.05) is 37.3 Å². The first-order valence-electron chi connectivity index (χ1n) is 7.02. The lowest BCUT2D eigenvalue weighted by molar-refractivity contribution is 0.0954. The van der Waals surface area contributed by atoms with Crippen LogP contribution in [0, 0.1) is 6.92 Å². The molecule has 0 unspecified atom stereocenters. The number of thiazole rings is 1. The molecular formula is C16H20N2O2S. The lowest BCUT2D eigenvalue weighted by Gasteiger charge is -2.03. The predicted octanol–water partition coefficient (Wildman–Crippen LogP) is 3.27. The Labute approximate surface area is 129 Å². The van der Waals surface area contributed by atoms with Gasteiger partial charge in [0.15, 0.2) is 0 Å². The van der Waals surface area contributed by atoms with E-state index in [2.05, 4.69) is 10.3 Å². The summed E-state index contributed by atoms with van der Waals surface area (Å²) in [5.41, 5.74) is 1.83. The van der Waals surface area contributed by atoms with Crippen LogP contribution in [0.3, 0.4) is 0 Å². The van der Waals surface area contributed by atoms with Crippen LogP contribution in [0.2, 0.25) is 0 Å². The fraction of sp³-hybridized carbons (Fsp3) is 0.375. The van der Waals surface area contributed by atoms with Gasteiger partial charge in [-0.05, 0) is 19.8 Å². The number of aryl methyl sites for hydroxylation is 1. The molecular weight excluding hydrogens is 284 g/mol. The van der Waals surface area contributed by atoms with Gasteiger partial charge in [0, 0.05) is 25.8 Å². The zero-order valence-electron chi connectivity index (χ0n) is 12.4. The van der Waals surface area contributed by atoms with Crippen LogP contribution in [-0.4, -0.2) is 31.2 Å². The average molecular weight is 304 g/mol. The molecule has 0 radical (unpaired) electrons. The van der Waals surface area contributed by atoms with Gasteiger partial charge in [0.05, 0.1) is 5.69 Å². The Hall–Kier alpha value is -1.72. The molecule has 0 aliphatic carbocycles. The Balaban J connectivity index is 1.97. The molecule has 0 atom stereocenters. The third-order valence-corrected chi connectivity index (χ3v) is 4.29. The highest BCUT2D eigenvalue weighted by atomic mass is 32.1. The van der Waals surface area contributed by atoms with Crippen molar-refractivity contribution in [3.05, 3.63) is 40.9 Å². The molecule has 1 aromatic heterocycles. The van der Waals surface area contributed by atoms with Gasteiger partial charge in [-0.1, -0.05) is 30.3 Å². The van der Waals surface area contributed by atoms with Gasteiger partial charge in [-0.25, -0.2) is 4.98 Å². The van der Waals surface area contributed by atoms with Gasteiger partial charge in [0.2, 0.25) is 0 Å². The van der Waals surface area contributed by atoms with Crippen molar-refractivity contribution in [1.29, 1.82) is 0 Å². The number of benzene rings is 1. The van der Waals surface area contributed by atoms with E-state index in [-0.39, 0.29) is 5.91 Å². The number of hydrogen-bond acceptors (Lipinski definition) is 4. The van der Waals surface area contributed by atoms with E-state index >= 15 is 0 Å². The molecule has 0 bridgehead atoms. The average Bonchev–Trinajstić information content (AvgIpc) is 2.90. The normalized spacial score (nSPS) is 10.6. The lowest BCUT2D eigenvalue weighted by atomic mass is 10.2. The molecule has 1 N–H and O–H groups in total. The minimum atomic E-state index is -0.0374. The van der Waals surface area contributed by atoms with Crippen LogP contribution in [0.15, 0.2) is 30.3 Å². The van der Waals surface area contributed by atoms with Crippen LogP contribution in [0.25, 0.3) is 10.6 Å². The molecule has 112 valence electrons. The maximum atomic E-state index is 12.2. The molecule has 1 heterocycles. The van der Waals surface area contributed by atoms with Crippen LogP contribution >= 0.6 is 11.3 Å². The SMILES string of the molecule is COCCCCNC(=O)c1sc(-c2ccccc2)nc1C. The van der Waals surface area contributed by atoms with E-state index in [1.165, 1.54) is 11.3 Å². The molecule has 0 spiro atoms. The van der Waals surface area contributed by atoms with Crippen molar-refractivity contribution in [1.82, 2.24) is 10.3 Å². The van der Waals surface area contributed by atoms with Crippen LogP contribution in [0.5, 0.6) is 0 Å². The molecule has 1 aromatic carbocycles. The Morgan fingerprint density at radius 1 is 1.29 bits per heavy atom. The number of nitrogens with one attached hydrogen (secondary N) is 1. The Morgan fingerprint density at radius 3 is 2.76 bits per heavy atom. The van der Waals surface area contributed by atoms with E-state index in [4.69, 9.17) is 4.74 Å². The highest BCUT2D eigenvalue weighted by molar-refractivity contribution is 7.17. The summed E-state index contributed by atoms with van der Waals surface area (Å²) in [5, 5.41) is 3.83. The Bertz CT molecular complexity index is 581. The summed E-state index contributed by atoms with van der Waals surface area (Å²) in [7, 11) is 1.68. The number of hydrogen-bond donors (Lipinski definition) is 1. The maximum absolute atomic E-state index is 12.2. The molecule has 2 aromatic rings. The van der Waals surface area contributed by atoms with Gasteiger partial charge < -0.3 is 10.1 Å². The largest absolute Gasteiger partial charge is 0.385 e. The molecule has 0 fully saturated rings. The zero-order valence-corrected chi connectivity index (χ0v) is 13.2. The second kappa shape index (κ2) is 7.90. The van der Waals surface area contributed by atoms with Gasteiger partial charge in [0.1, 0.15) is 9.88 Å². The third-order valence-electron chi connectivity index (χ3n) is 3.08.